The van der Waals surface area contributed by atoms with Crippen LogP contribution in [-0.4, -0.2) is 52.8 Å². The van der Waals surface area contributed by atoms with Crippen LogP contribution < -0.4 is 0 Å². The van der Waals surface area contributed by atoms with E-state index < -0.39 is 0 Å². The molecule has 1 aromatic heterocycles. The number of para-hydroxylation sites is 1. The van der Waals surface area contributed by atoms with E-state index in [9.17, 15) is 4.79 Å². The first-order valence-corrected chi connectivity index (χ1v) is 10.1. The number of carbonyl (C=O) groups excluding carboxylic acids is 1. The van der Waals surface area contributed by atoms with Crippen molar-refractivity contribution in [3.63, 3.8) is 0 Å². The van der Waals surface area contributed by atoms with Crippen molar-refractivity contribution >= 4 is 28.6 Å². The summed E-state index contributed by atoms with van der Waals surface area (Å²) in [5, 5.41) is 1.86. The number of nitrogens with zero attached hydrogens (tertiary/aromatic N) is 3. The number of fused-ring (bicyclic) bond motifs is 1. The Kier molecular flexibility index (Phi) is 5.65. The molecule has 1 amide bonds. The van der Waals surface area contributed by atoms with Crippen molar-refractivity contribution in [3.8, 4) is 0 Å². The number of morpholine rings is 1. The van der Waals surface area contributed by atoms with Crippen LogP contribution in [0.1, 0.15) is 11.4 Å². The van der Waals surface area contributed by atoms with E-state index in [-0.39, 0.29) is 5.91 Å². The highest BCUT2D eigenvalue weighted by molar-refractivity contribution is 8.00. The van der Waals surface area contributed by atoms with Crippen molar-refractivity contribution in [1.82, 2.24) is 14.9 Å². The van der Waals surface area contributed by atoms with Gasteiger partial charge < -0.3 is 9.64 Å². The van der Waals surface area contributed by atoms with Crippen molar-refractivity contribution in [3.05, 3.63) is 66.0 Å². The van der Waals surface area contributed by atoms with Gasteiger partial charge in [0.15, 0.2) is 0 Å². The van der Waals surface area contributed by atoms with E-state index in [0.29, 0.717) is 38.5 Å². The zero-order chi connectivity index (χ0) is 18.5. The van der Waals surface area contributed by atoms with Gasteiger partial charge in [0.2, 0.25) is 5.91 Å². The highest BCUT2D eigenvalue weighted by Crippen LogP contribution is 2.26. The lowest BCUT2D eigenvalue weighted by Gasteiger charge is -2.26. The Morgan fingerprint density at radius 1 is 1.00 bits per heavy atom. The third kappa shape index (κ3) is 4.46. The lowest BCUT2D eigenvalue weighted by atomic mass is 10.1. The molecular weight excluding hydrogens is 358 g/mol. The first-order chi connectivity index (χ1) is 13.3. The average Bonchev–Trinajstić information content (AvgIpc) is 2.73. The molecule has 0 radical (unpaired) electrons. The lowest BCUT2D eigenvalue weighted by molar-refractivity contribution is -0.132. The molecule has 0 spiro atoms. The third-order valence-electron chi connectivity index (χ3n) is 4.52. The maximum Gasteiger partial charge on any atom is 0.233 e. The quantitative estimate of drug-likeness (QED) is 0.503. The SMILES string of the molecule is O=C(CSc1nc(Cc2ccccc2)nc2ccccc12)N1CCOCC1. The Bertz CT molecular complexity index is 927. The second kappa shape index (κ2) is 8.50. The molecule has 5 nitrogen and oxygen atoms in total. The first-order valence-electron chi connectivity index (χ1n) is 9.07. The molecule has 2 heterocycles. The molecule has 0 saturated carbocycles. The predicted molar refractivity (Wildman–Crippen MR) is 107 cm³/mol. The summed E-state index contributed by atoms with van der Waals surface area (Å²) in [6, 6.07) is 18.2. The van der Waals surface area contributed by atoms with Gasteiger partial charge in [-0.25, -0.2) is 9.97 Å². The Hall–Kier alpha value is -2.44. The summed E-state index contributed by atoms with van der Waals surface area (Å²) in [5.41, 5.74) is 2.09. The van der Waals surface area contributed by atoms with E-state index in [1.54, 1.807) is 0 Å². The normalized spacial score (nSPS) is 14.4. The van der Waals surface area contributed by atoms with Crippen LogP contribution in [0.2, 0.25) is 0 Å². The summed E-state index contributed by atoms with van der Waals surface area (Å²) in [5.74, 6) is 1.29. The number of aromatic nitrogens is 2. The summed E-state index contributed by atoms with van der Waals surface area (Å²) in [6.45, 7) is 2.58. The topological polar surface area (TPSA) is 55.3 Å². The fourth-order valence-electron chi connectivity index (χ4n) is 3.10. The largest absolute Gasteiger partial charge is 0.378 e. The molecule has 0 N–H and O–H groups in total. The van der Waals surface area contributed by atoms with E-state index >= 15 is 0 Å². The molecule has 0 unspecified atom stereocenters. The van der Waals surface area contributed by atoms with Gasteiger partial charge in [-0.3, -0.25) is 4.79 Å². The van der Waals surface area contributed by atoms with E-state index in [0.717, 1.165) is 21.8 Å². The Labute approximate surface area is 162 Å². The van der Waals surface area contributed by atoms with Crippen LogP contribution in [0, 0.1) is 0 Å². The van der Waals surface area contributed by atoms with E-state index in [4.69, 9.17) is 14.7 Å². The maximum absolute atomic E-state index is 12.5. The molecule has 0 aliphatic carbocycles. The molecule has 1 saturated heterocycles. The van der Waals surface area contributed by atoms with Crippen molar-refractivity contribution < 1.29 is 9.53 Å². The van der Waals surface area contributed by atoms with E-state index in [1.807, 2.05) is 47.4 Å². The molecule has 0 bridgehead atoms. The number of hydrogen-bond acceptors (Lipinski definition) is 5. The second-order valence-electron chi connectivity index (χ2n) is 6.41. The molecule has 3 aromatic rings. The fourth-order valence-corrected chi connectivity index (χ4v) is 4.04. The number of thioether (sulfide) groups is 1. The number of hydrogen-bond donors (Lipinski definition) is 0. The minimum atomic E-state index is 0.135. The molecular formula is C21H21N3O2S. The molecule has 1 fully saturated rings. The molecule has 2 aromatic carbocycles. The Morgan fingerprint density at radius 2 is 1.74 bits per heavy atom. The van der Waals surface area contributed by atoms with Crippen molar-refractivity contribution in [1.29, 1.82) is 0 Å². The summed E-state index contributed by atoms with van der Waals surface area (Å²) in [4.78, 5) is 23.8. The molecule has 1 aliphatic heterocycles. The van der Waals surface area contributed by atoms with Gasteiger partial charge in [-0.2, -0.15) is 0 Å². The maximum atomic E-state index is 12.5. The number of benzene rings is 2. The summed E-state index contributed by atoms with van der Waals surface area (Å²) >= 11 is 1.49. The van der Waals surface area contributed by atoms with Gasteiger partial charge >= 0.3 is 0 Å². The van der Waals surface area contributed by atoms with Gasteiger partial charge in [0.25, 0.3) is 0 Å². The highest BCUT2D eigenvalue weighted by Gasteiger charge is 2.18. The van der Waals surface area contributed by atoms with Crippen molar-refractivity contribution in [2.75, 3.05) is 32.1 Å². The first kappa shape index (κ1) is 17.9. The summed E-state index contributed by atoms with van der Waals surface area (Å²) in [7, 11) is 0. The number of amides is 1. The standard InChI is InChI=1S/C21H21N3O2S/c25-20(24-10-12-26-13-11-24)15-27-21-17-8-4-5-9-18(17)22-19(23-21)14-16-6-2-1-3-7-16/h1-9H,10-15H2. The summed E-state index contributed by atoms with van der Waals surface area (Å²) in [6.07, 6.45) is 0.677. The number of rotatable bonds is 5. The average molecular weight is 379 g/mol. The van der Waals surface area contributed by atoms with Crippen LogP contribution in [0.5, 0.6) is 0 Å². The Balaban J connectivity index is 1.55. The zero-order valence-electron chi connectivity index (χ0n) is 15.0. The second-order valence-corrected chi connectivity index (χ2v) is 7.37. The molecule has 4 rings (SSSR count). The van der Waals surface area contributed by atoms with Crippen LogP contribution in [0.3, 0.4) is 0 Å². The minimum absolute atomic E-state index is 0.135. The van der Waals surface area contributed by atoms with Gasteiger partial charge in [-0.15, -0.1) is 0 Å². The highest BCUT2D eigenvalue weighted by atomic mass is 32.2. The van der Waals surface area contributed by atoms with Gasteiger partial charge in [0, 0.05) is 24.9 Å². The van der Waals surface area contributed by atoms with Gasteiger partial charge in [0.05, 0.1) is 24.5 Å². The number of ether oxygens (including phenoxy) is 1. The molecule has 1 aliphatic rings. The molecule has 6 heteroatoms. The van der Waals surface area contributed by atoms with Gasteiger partial charge in [0.1, 0.15) is 10.9 Å². The van der Waals surface area contributed by atoms with Gasteiger partial charge in [-0.1, -0.05) is 60.3 Å². The van der Waals surface area contributed by atoms with Gasteiger partial charge in [-0.05, 0) is 11.6 Å². The number of carbonyl (C=O) groups is 1. The van der Waals surface area contributed by atoms with Crippen molar-refractivity contribution in [2.45, 2.75) is 11.4 Å². The van der Waals surface area contributed by atoms with E-state index in [2.05, 4.69) is 12.1 Å². The van der Waals surface area contributed by atoms with Crippen LogP contribution in [-0.2, 0) is 16.0 Å². The lowest BCUT2D eigenvalue weighted by Crippen LogP contribution is -2.41. The van der Waals surface area contributed by atoms with Crippen LogP contribution in [0.4, 0.5) is 0 Å². The monoisotopic (exact) mass is 379 g/mol. The minimum Gasteiger partial charge on any atom is -0.378 e. The molecule has 0 atom stereocenters. The molecule has 27 heavy (non-hydrogen) atoms. The van der Waals surface area contributed by atoms with Crippen molar-refractivity contribution in [2.24, 2.45) is 0 Å². The third-order valence-corrected chi connectivity index (χ3v) is 5.49. The zero-order valence-corrected chi connectivity index (χ0v) is 15.8. The molecule has 138 valence electrons. The van der Waals surface area contributed by atoms with Crippen LogP contribution in [0.15, 0.2) is 59.6 Å². The van der Waals surface area contributed by atoms with Crippen LogP contribution in [0.25, 0.3) is 10.9 Å². The Morgan fingerprint density at radius 3 is 2.56 bits per heavy atom. The van der Waals surface area contributed by atoms with E-state index in [1.165, 1.54) is 17.3 Å². The fraction of sp³-hybridized carbons (Fsp3) is 0.286. The van der Waals surface area contributed by atoms with Crippen LogP contribution >= 0.6 is 11.8 Å². The summed E-state index contributed by atoms with van der Waals surface area (Å²) < 4.78 is 5.32. The predicted octanol–water partition coefficient (Wildman–Crippen LogP) is 3.17. The smallest absolute Gasteiger partial charge is 0.233 e.